The summed E-state index contributed by atoms with van der Waals surface area (Å²) in [7, 11) is 1.90. The number of halogens is 1. The van der Waals surface area contributed by atoms with Crippen molar-refractivity contribution in [3.8, 4) is 0 Å². The molecule has 5 heteroatoms. The fraction of sp³-hybridized carbons (Fsp3) is 0.357. The molecule has 0 aliphatic carbocycles. The van der Waals surface area contributed by atoms with Crippen LogP contribution in [0, 0.1) is 6.92 Å². The van der Waals surface area contributed by atoms with Crippen LogP contribution in [0.25, 0.3) is 0 Å². The fourth-order valence-corrected chi connectivity index (χ4v) is 2.93. The summed E-state index contributed by atoms with van der Waals surface area (Å²) in [6, 6.07) is 8.03. The molecule has 0 saturated heterocycles. The molecule has 2 aromatic rings. The number of aryl methyl sites for hydroxylation is 2. The lowest BCUT2D eigenvalue weighted by Crippen LogP contribution is -2.07. The Morgan fingerprint density at radius 1 is 1.37 bits per heavy atom. The van der Waals surface area contributed by atoms with E-state index in [4.69, 9.17) is 0 Å². The van der Waals surface area contributed by atoms with E-state index in [1.807, 2.05) is 49.2 Å². The van der Waals surface area contributed by atoms with Crippen LogP contribution in [0.5, 0.6) is 0 Å². The van der Waals surface area contributed by atoms with Crippen molar-refractivity contribution in [1.82, 2.24) is 9.78 Å². The largest absolute Gasteiger partial charge is 0.388 e. The van der Waals surface area contributed by atoms with Crippen LogP contribution in [0.3, 0.4) is 0 Å². The molecule has 1 aromatic carbocycles. The number of nitrogens with zero attached hydrogens (tertiary/aromatic N) is 2. The molecule has 0 spiro atoms. The van der Waals surface area contributed by atoms with E-state index in [1.165, 1.54) is 4.90 Å². The van der Waals surface area contributed by atoms with Gasteiger partial charge in [-0.2, -0.15) is 5.10 Å². The third kappa shape index (κ3) is 3.22. The predicted molar refractivity (Wildman–Crippen MR) is 82.5 cm³/mol. The molecule has 0 saturated carbocycles. The number of hydrogen-bond acceptors (Lipinski definition) is 3. The normalized spacial score (nSPS) is 12.7. The lowest BCUT2D eigenvalue weighted by Gasteiger charge is -2.12. The minimum Gasteiger partial charge on any atom is -0.388 e. The summed E-state index contributed by atoms with van der Waals surface area (Å²) in [6.07, 6.45) is 2.08. The van der Waals surface area contributed by atoms with Crippen molar-refractivity contribution in [2.45, 2.75) is 24.3 Å². The van der Waals surface area contributed by atoms with Crippen molar-refractivity contribution in [1.29, 1.82) is 0 Å². The van der Waals surface area contributed by atoms with E-state index in [0.29, 0.717) is 6.42 Å². The Morgan fingerprint density at radius 2 is 2.00 bits per heavy atom. The first-order chi connectivity index (χ1) is 9.02. The zero-order valence-electron chi connectivity index (χ0n) is 11.2. The first kappa shape index (κ1) is 14.6. The smallest absolute Gasteiger partial charge is 0.0845 e. The van der Waals surface area contributed by atoms with E-state index in [1.54, 1.807) is 11.8 Å². The van der Waals surface area contributed by atoms with Gasteiger partial charge >= 0.3 is 0 Å². The second-order valence-corrected chi connectivity index (χ2v) is 6.14. The van der Waals surface area contributed by atoms with Crippen molar-refractivity contribution in [2.24, 2.45) is 7.05 Å². The minimum atomic E-state index is -0.512. The summed E-state index contributed by atoms with van der Waals surface area (Å²) in [4.78, 5) is 1.20. The highest BCUT2D eigenvalue weighted by Gasteiger charge is 2.16. The van der Waals surface area contributed by atoms with E-state index < -0.39 is 6.10 Å². The number of aliphatic hydroxyl groups is 1. The average molecular weight is 341 g/mol. The molecule has 0 amide bonds. The predicted octanol–water partition coefficient (Wildman–Crippen LogP) is 3.49. The quantitative estimate of drug-likeness (QED) is 0.865. The lowest BCUT2D eigenvalue weighted by molar-refractivity contribution is 0.175. The van der Waals surface area contributed by atoms with Gasteiger partial charge in [0.2, 0.25) is 0 Å². The van der Waals surface area contributed by atoms with Gasteiger partial charge in [-0.1, -0.05) is 12.1 Å². The van der Waals surface area contributed by atoms with Crippen LogP contribution in [-0.4, -0.2) is 21.1 Å². The Balaban J connectivity index is 2.17. The fourth-order valence-electron chi connectivity index (χ4n) is 2.03. The third-order valence-corrected chi connectivity index (χ3v) is 4.92. The first-order valence-corrected chi connectivity index (χ1v) is 8.04. The standard InChI is InChI=1S/C14H17BrN2OS/c1-9-14(15)12(17(2)16-9)8-13(18)10-4-6-11(19-3)7-5-10/h4-7,13,18H,8H2,1-3H3. The molecule has 2 rings (SSSR count). The molecule has 3 nitrogen and oxygen atoms in total. The molecular weight excluding hydrogens is 324 g/mol. The molecule has 1 heterocycles. The summed E-state index contributed by atoms with van der Waals surface area (Å²) in [5.74, 6) is 0. The molecule has 0 aliphatic heterocycles. The van der Waals surface area contributed by atoms with E-state index in [0.717, 1.165) is 21.4 Å². The molecule has 1 N–H and O–H groups in total. The molecule has 1 unspecified atom stereocenters. The Morgan fingerprint density at radius 3 is 2.47 bits per heavy atom. The highest BCUT2D eigenvalue weighted by Crippen LogP contribution is 2.26. The molecule has 0 bridgehead atoms. The average Bonchev–Trinajstić information content (AvgIpc) is 2.65. The molecule has 1 atom stereocenters. The van der Waals surface area contributed by atoms with Gasteiger partial charge in [0.25, 0.3) is 0 Å². The highest BCUT2D eigenvalue weighted by molar-refractivity contribution is 9.10. The summed E-state index contributed by atoms with van der Waals surface area (Å²) in [5, 5.41) is 14.7. The Hall–Kier alpha value is -0.780. The molecule has 102 valence electrons. The Bertz CT molecular complexity index is 566. The number of rotatable bonds is 4. The van der Waals surface area contributed by atoms with Crippen molar-refractivity contribution in [2.75, 3.05) is 6.26 Å². The van der Waals surface area contributed by atoms with Crippen molar-refractivity contribution < 1.29 is 5.11 Å². The van der Waals surface area contributed by atoms with E-state index in [-0.39, 0.29) is 0 Å². The number of benzene rings is 1. The molecule has 1 aromatic heterocycles. The van der Waals surface area contributed by atoms with Crippen LogP contribution in [0.2, 0.25) is 0 Å². The molecule has 0 fully saturated rings. The van der Waals surface area contributed by atoms with Gasteiger partial charge in [0.05, 0.1) is 22.0 Å². The maximum absolute atomic E-state index is 10.3. The van der Waals surface area contributed by atoms with Crippen LogP contribution in [0.4, 0.5) is 0 Å². The maximum Gasteiger partial charge on any atom is 0.0845 e. The van der Waals surface area contributed by atoms with Crippen molar-refractivity contribution >= 4 is 27.7 Å². The topological polar surface area (TPSA) is 38.1 Å². The van der Waals surface area contributed by atoms with Crippen LogP contribution in [-0.2, 0) is 13.5 Å². The molecule has 0 radical (unpaired) electrons. The number of hydrogen-bond donors (Lipinski definition) is 1. The van der Waals surface area contributed by atoms with E-state index >= 15 is 0 Å². The van der Waals surface area contributed by atoms with Gasteiger partial charge in [-0.3, -0.25) is 4.68 Å². The zero-order chi connectivity index (χ0) is 14.0. The summed E-state index contributed by atoms with van der Waals surface area (Å²) < 4.78 is 2.80. The van der Waals surface area contributed by atoms with Gasteiger partial charge in [0, 0.05) is 18.4 Å². The summed E-state index contributed by atoms with van der Waals surface area (Å²) in [6.45, 7) is 1.95. The Labute approximate surface area is 126 Å². The summed E-state index contributed by atoms with van der Waals surface area (Å²) in [5.41, 5.74) is 2.89. The SMILES string of the molecule is CSc1ccc(C(O)Cc2c(Br)c(C)nn2C)cc1. The van der Waals surface area contributed by atoms with Crippen molar-refractivity contribution in [3.63, 3.8) is 0 Å². The second-order valence-electron chi connectivity index (χ2n) is 4.46. The monoisotopic (exact) mass is 340 g/mol. The van der Waals surface area contributed by atoms with E-state index in [2.05, 4.69) is 21.0 Å². The number of thioether (sulfide) groups is 1. The van der Waals surface area contributed by atoms with Gasteiger partial charge < -0.3 is 5.11 Å². The maximum atomic E-state index is 10.3. The highest BCUT2D eigenvalue weighted by atomic mass is 79.9. The van der Waals surface area contributed by atoms with Crippen LogP contribution in [0.15, 0.2) is 33.6 Å². The van der Waals surface area contributed by atoms with Crippen molar-refractivity contribution in [3.05, 3.63) is 45.7 Å². The number of aliphatic hydroxyl groups excluding tert-OH is 1. The zero-order valence-corrected chi connectivity index (χ0v) is 13.6. The molecular formula is C14H17BrN2OS. The van der Waals surface area contributed by atoms with Gasteiger partial charge in [-0.15, -0.1) is 11.8 Å². The first-order valence-electron chi connectivity index (χ1n) is 6.03. The van der Waals surface area contributed by atoms with Gasteiger partial charge in [-0.25, -0.2) is 0 Å². The van der Waals surface area contributed by atoms with Crippen LogP contribution in [0.1, 0.15) is 23.1 Å². The lowest BCUT2D eigenvalue weighted by atomic mass is 10.0. The third-order valence-electron chi connectivity index (χ3n) is 3.15. The van der Waals surface area contributed by atoms with Crippen LogP contribution >= 0.6 is 27.7 Å². The second kappa shape index (κ2) is 6.11. The molecule has 0 aliphatic rings. The molecule has 19 heavy (non-hydrogen) atoms. The summed E-state index contributed by atoms with van der Waals surface area (Å²) >= 11 is 5.23. The number of aromatic nitrogens is 2. The van der Waals surface area contributed by atoms with Gasteiger partial charge in [0.15, 0.2) is 0 Å². The van der Waals surface area contributed by atoms with Gasteiger partial charge in [-0.05, 0) is 46.8 Å². The minimum absolute atomic E-state index is 0.512. The van der Waals surface area contributed by atoms with Gasteiger partial charge in [0.1, 0.15) is 0 Å². The van der Waals surface area contributed by atoms with E-state index in [9.17, 15) is 5.11 Å². The van der Waals surface area contributed by atoms with Crippen LogP contribution < -0.4 is 0 Å². The Kier molecular flexibility index (Phi) is 4.71.